The number of hydrogen-bond acceptors (Lipinski definition) is 5. The van der Waals surface area contributed by atoms with E-state index in [2.05, 4.69) is 16.3 Å². The lowest BCUT2D eigenvalue weighted by Gasteiger charge is -2.34. The summed E-state index contributed by atoms with van der Waals surface area (Å²) in [6, 6.07) is 13.6. The van der Waals surface area contributed by atoms with Crippen molar-refractivity contribution in [1.29, 1.82) is 0 Å². The van der Waals surface area contributed by atoms with Crippen LogP contribution in [-0.2, 0) is 19.6 Å². The Kier molecular flexibility index (Phi) is 6.60. The molecule has 2 aliphatic heterocycles. The Morgan fingerprint density at radius 3 is 2.48 bits per heavy atom. The van der Waals surface area contributed by atoms with Gasteiger partial charge in [0.2, 0.25) is 15.9 Å². The summed E-state index contributed by atoms with van der Waals surface area (Å²) in [6.45, 7) is 5.43. The van der Waals surface area contributed by atoms with E-state index in [1.807, 2.05) is 19.1 Å². The molecule has 2 saturated heterocycles. The average Bonchev–Trinajstić information content (AvgIpc) is 2.81. The molecule has 166 valence electrons. The average molecular weight is 444 g/mol. The van der Waals surface area contributed by atoms with Crippen molar-refractivity contribution in [3.05, 3.63) is 54.1 Å². The van der Waals surface area contributed by atoms with Crippen LogP contribution in [0.15, 0.2) is 53.4 Å². The molecular weight excluding hydrogens is 414 g/mol. The Morgan fingerprint density at radius 1 is 1.03 bits per heavy atom. The van der Waals surface area contributed by atoms with Crippen molar-refractivity contribution in [2.24, 2.45) is 0 Å². The number of carbonyl (C=O) groups excluding carboxylic acids is 1. The van der Waals surface area contributed by atoms with Crippen LogP contribution in [0, 0.1) is 6.92 Å². The van der Waals surface area contributed by atoms with Crippen molar-refractivity contribution in [3.8, 4) is 0 Å². The highest BCUT2D eigenvalue weighted by Gasteiger charge is 2.37. The fourth-order valence-electron chi connectivity index (χ4n) is 4.20. The number of nitrogens with zero attached hydrogens (tertiary/aromatic N) is 2. The number of piperidine rings is 1. The van der Waals surface area contributed by atoms with Gasteiger partial charge in [-0.3, -0.25) is 4.79 Å². The Morgan fingerprint density at radius 2 is 1.77 bits per heavy atom. The molecule has 1 atom stereocenters. The SMILES string of the molecule is Cc1cc(N2CCOCC2)ccc1NC(=O)C1CCCCN1S(=O)(=O)c1ccccc1. The fourth-order valence-corrected chi connectivity index (χ4v) is 5.88. The summed E-state index contributed by atoms with van der Waals surface area (Å²) in [7, 11) is -3.73. The van der Waals surface area contributed by atoms with Crippen LogP contribution in [0.4, 0.5) is 11.4 Å². The number of morpholine rings is 1. The molecular formula is C23H29N3O4S. The lowest BCUT2D eigenvalue weighted by atomic mass is 10.0. The van der Waals surface area contributed by atoms with Gasteiger partial charge in [0.1, 0.15) is 6.04 Å². The number of anilines is 2. The molecule has 1 N–H and O–H groups in total. The van der Waals surface area contributed by atoms with E-state index in [4.69, 9.17) is 4.74 Å². The van der Waals surface area contributed by atoms with Gasteiger partial charge in [-0.25, -0.2) is 8.42 Å². The molecule has 7 nitrogen and oxygen atoms in total. The molecule has 0 radical (unpaired) electrons. The first-order valence-electron chi connectivity index (χ1n) is 10.8. The second kappa shape index (κ2) is 9.38. The Balaban J connectivity index is 1.51. The minimum Gasteiger partial charge on any atom is -0.378 e. The molecule has 0 saturated carbocycles. The molecule has 0 aromatic heterocycles. The zero-order chi connectivity index (χ0) is 21.8. The zero-order valence-corrected chi connectivity index (χ0v) is 18.6. The van der Waals surface area contributed by atoms with Gasteiger partial charge in [-0.1, -0.05) is 24.6 Å². The summed E-state index contributed by atoms with van der Waals surface area (Å²) >= 11 is 0. The van der Waals surface area contributed by atoms with Crippen molar-refractivity contribution in [2.75, 3.05) is 43.1 Å². The lowest BCUT2D eigenvalue weighted by Crippen LogP contribution is -2.49. The highest BCUT2D eigenvalue weighted by atomic mass is 32.2. The van der Waals surface area contributed by atoms with Crippen LogP contribution in [-0.4, -0.2) is 57.5 Å². The zero-order valence-electron chi connectivity index (χ0n) is 17.8. The number of amides is 1. The molecule has 0 aliphatic carbocycles. The molecule has 0 bridgehead atoms. The predicted octanol–water partition coefficient (Wildman–Crippen LogP) is 3.01. The largest absolute Gasteiger partial charge is 0.378 e. The Bertz CT molecular complexity index is 1020. The van der Waals surface area contributed by atoms with Crippen LogP contribution in [0.3, 0.4) is 0 Å². The number of benzene rings is 2. The lowest BCUT2D eigenvalue weighted by molar-refractivity contribution is -0.120. The van der Waals surface area contributed by atoms with Crippen molar-refractivity contribution in [3.63, 3.8) is 0 Å². The number of hydrogen-bond donors (Lipinski definition) is 1. The minimum absolute atomic E-state index is 0.223. The maximum absolute atomic E-state index is 13.2. The summed E-state index contributed by atoms with van der Waals surface area (Å²) in [4.78, 5) is 15.6. The normalized spacial score (nSPS) is 20.4. The smallest absolute Gasteiger partial charge is 0.243 e. The van der Waals surface area contributed by atoms with Crippen molar-refractivity contribution >= 4 is 27.3 Å². The van der Waals surface area contributed by atoms with Crippen LogP contribution in [0.5, 0.6) is 0 Å². The molecule has 2 fully saturated rings. The van der Waals surface area contributed by atoms with E-state index >= 15 is 0 Å². The minimum atomic E-state index is -3.73. The van der Waals surface area contributed by atoms with Crippen molar-refractivity contribution < 1.29 is 17.9 Å². The third kappa shape index (κ3) is 4.76. The molecule has 8 heteroatoms. The maximum atomic E-state index is 13.2. The Hall–Kier alpha value is -2.42. The monoisotopic (exact) mass is 443 g/mol. The van der Waals surface area contributed by atoms with Gasteiger partial charge in [-0.2, -0.15) is 4.31 Å². The van der Waals surface area contributed by atoms with Gasteiger partial charge >= 0.3 is 0 Å². The first-order chi connectivity index (χ1) is 15.0. The van der Waals surface area contributed by atoms with Crippen LogP contribution in [0.2, 0.25) is 0 Å². The maximum Gasteiger partial charge on any atom is 0.243 e. The van der Waals surface area contributed by atoms with Crippen LogP contribution in [0.1, 0.15) is 24.8 Å². The summed E-state index contributed by atoms with van der Waals surface area (Å²) in [5, 5.41) is 2.98. The molecule has 2 heterocycles. The van der Waals surface area contributed by atoms with E-state index in [0.29, 0.717) is 31.9 Å². The van der Waals surface area contributed by atoms with Crippen molar-refractivity contribution in [2.45, 2.75) is 37.1 Å². The van der Waals surface area contributed by atoms with Gasteiger partial charge in [0, 0.05) is 31.0 Å². The summed E-state index contributed by atoms with van der Waals surface area (Å²) in [5.74, 6) is -0.276. The molecule has 2 aromatic rings. The van der Waals surface area contributed by atoms with E-state index in [1.54, 1.807) is 30.3 Å². The second-order valence-corrected chi connectivity index (χ2v) is 9.92. The topological polar surface area (TPSA) is 79.0 Å². The van der Waals surface area contributed by atoms with Crippen molar-refractivity contribution in [1.82, 2.24) is 4.31 Å². The molecule has 31 heavy (non-hydrogen) atoms. The highest BCUT2D eigenvalue weighted by molar-refractivity contribution is 7.89. The van der Waals surface area contributed by atoms with Crippen LogP contribution in [0.25, 0.3) is 0 Å². The second-order valence-electron chi connectivity index (χ2n) is 8.03. The standard InChI is InChI=1S/C23H29N3O4S/c1-18-17-19(25-13-15-30-16-14-25)10-11-21(18)24-23(27)22-9-5-6-12-26(22)31(28,29)20-7-3-2-4-8-20/h2-4,7-8,10-11,17,22H,5-6,9,12-16H2,1H3,(H,24,27). The first kappa shape index (κ1) is 21.8. The molecule has 1 unspecified atom stereocenters. The summed E-state index contributed by atoms with van der Waals surface area (Å²) in [5.41, 5.74) is 2.76. The van der Waals surface area contributed by atoms with Gasteiger partial charge in [0.05, 0.1) is 18.1 Å². The number of ether oxygens (including phenoxy) is 1. The van der Waals surface area contributed by atoms with Gasteiger partial charge in [-0.15, -0.1) is 0 Å². The van der Waals surface area contributed by atoms with Gasteiger partial charge in [-0.05, 0) is 55.7 Å². The van der Waals surface area contributed by atoms with Gasteiger partial charge < -0.3 is 15.0 Å². The molecule has 1 amide bonds. The quantitative estimate of drug-likeness (QED) is 0.769. The number of sulfonamides is 1. The fraction of sp³-hybridized carbons (Fsp3) is 0.435. The number of aryl methyl sites for hydroxylation is 1. The molecule has 2 aromatic carbocycles. The number of rotatable bonds is 5. The summed E-state index contributed by atoms with van der Waals surface area (Å²) in [6.07, 6.45) is 2.10. The number of nitrogens with one attached hydrogen (secondary N) is 1. The number of carbonyl (C=O) groups is 1. The van der Waals surface area contributed by atoms with Crippen LogP contribution >= 0.6 is 0 Å². The van der Waals surface area contributed by atoms with E-state index in [1.165, 1.54) is 4.31 Å². The third-order valence-electron chi connectivity index (χ3n) is 5.95. The van der Waals surface area contributed by atoms with Crippen LogP contribution < -0.4 is 10.2 Å². The van der Waals surface area contributed by atoms with Gasteiger partial charge in [0.15, 0.2) is 0 Å². The van der Waals surface area contributed by atoms with E-state index in [0.717, 1.165) is 37.2 Å². The Labute approximate surface area is 184 Å². The predicted molar refractivity (Wildman–Crippen MR) is 121 cm³/mol. The van der Waals surface area contributed by atoms with E-state index in [-0.39, 0.29) is 10.8 Å². The highest BCUT2D eigenvalue weighted by Crippen LogP contribution is 2.28. The van der Waals surface area contributed by atoms with Gasteiger partial charge in [0.25, 0.3) is 0 Å². The van der Waals surface area contributed by atoms with E-state index < -0.39 is 16.1 Å². The summed E-state index contributed by atoms with van der Waals surface area (Å²) < 4.78 is 33.1. The molecule has 0 spiro atoms. The first-order valence-corrected chi connectivity index (χ1v) is 12.2. The molecule has 4 rings (SSSR count). The molecule has 2 aliphatic rings. The van der Waals surface area contributed by atoms with E-state index in [9.17, 15) is 13.2 Å². The third-order valence-corrected chi connectivity index (χ3v) is 7.87.